The largest absolute Gasteiger partial charge is 0.444 e. The Morgan fingerprint density at radius 3 is 2.24 bits per heavy atom. The van der Waals surface area contributed by atoms with Crippen molar-refractivity contribution in [3.8, 4) is 0 Å². The zero-order valence-corrected chi connectivity index (χ0v) is 10.6. The summed E-state index contributed by atoms with van der Waals surface area (Å²) in [6.07, 6.45) is 0.927. The molecule has 0 aromatic heterocycles. The highest BCUT2D eigenvalue weighted by Crippen LogP contribution is 2.61. The fourth-order valence-corrected chi connectivity index (χ4v) is 2.27. The highest BCUT2D eigenvalue weighted by atomic mass is 19.3. The first kappa shape index (κ1) is 12.6. The van der Waals surface area contributed by atoms with E-state index < -0.39 is 29.6 Å². The molecule has 1 amide bonds. The van der Waals surface area contributed by atoms with Gasteiger partial charge in [0.05, 0.1) is 6.54 Å². The monoisotopic (exact) mass is 247 g/mol. The number of likely N-dealkylation sites (tertiary alicyclic amines) is 1. The van der Waals surface area contributed by atoms with Gasteiger partial charge in [0.15, 0.2) is 0 Å². The van der Waals surface area contributed by atoms with Crippen LogP contribution in [0.4, 0.5) is 13.6 Å². The average Bonchev–Trinajstić information content (AvgIpc) is 2.88. The van der Waals surface area contributed by atoms with E-state index in [1.807, 2.05) is 0 Å². The summed E-state index contributed by atoms with van der Waals surface area (Å²) in [7, 11) is 0. The minimum Gasteiger partial charge on any atom is -0.444 e. The second kappa shape index (κ2) is 3.56. The van der Waals surface area contributed by atoms with Gasteiger partial charge in [-0.15, -0.1) is 0 Å². The van der Waals surface area contributed by atoms with Crippen LogP contribution in [0.25, 0.3) is 0 Å². The molecule has 1 aliphatic carbocycles. The smallest absolute Gasteiger partial charge is 0.410 e. The lowest BCUT2D eigenvalue weighted by atomic mass is 9.90. The molecule has 17 heavy (non-hydrogen) atoms. The van der Waals surface area contributed by atoms with Crippen molar-refractivity contribution in [2.24, 2.45) is 5.41 Å². The fourth-order valence-electron chi connectivity index (χ4n) is 2.27. The molecular weight excluding hydrogens is 228 g/mol. The number of hydrogen-bond acceptors (Lipinski definition) is 2. The fraction of sp³-hybridized carbons (Fsp3) is 0.917. The number of hydrogen-bond donors (Lipinski definition) is 0. The van der Waals surface area contributed by atoms with Gasteiger partial charge in [-0.1, -0.05) is 0 Å². The molecule has 98 valence electrons. The first-order valence-electron chi connectivity index (χ1n) is 6.01. The summed E-state index contributed by atoms with van der Waals surface area (Å²) in [5.41, 5.74) is -1.45. The van der Waals surface area contributed by atoms with Crippen molar-refractivity contribution in [2.75, 3.05) is 13.1 Å². The summed E-state index contributed by atoms with van der Waals surface area (Å²) < 4.78 is 32.8. The standard InChI is InChI=1S/C12H19F2NO2/c1-10(2,3)17-9(16)15-7-6-11(4-5-11)12(13,14)8-15/h4-8H2,1-3H3. The van der Waals surface area contributed by atoms with Crippen molar-refractivity contribution in [1.82, 2.24) is 4.90 Å². The molecule has 2 aliphatic rings. The summed E-state index contributed by atoms with van der Waals surface area (Å²) in [6.45, 7) is 5.08. The molecule has 1 aliphatic heterocycles. The molecular formula is C12H19F2NO2. The third kappa shape index (κ3) is 2.38. The van der Waals surface area contributed by atoms with Gasteiger partial charge in [-0.25, -0.2) is 13.6 Å². The molecule has 0 aromatic carbocycles. The number of alkyl halides is 2. The van der Waals surface area contributed by atoms with Crippen LogP contribution in [0, 0.1) is 5.41 Å². The number of carbonyl (C=O) groups is 1. The molecule has 0 atom stereocenters. The number of nitrogens with zero attached hydrogens (tertiary/aromatic N) is 1. The predicted molar refractivity (Wildman–Crippen MR) is 59.0 cm³/mol. The van der Waals surface area contributed by atoms with Gasteiger partial charge in [-0.2, -0.15) is 0 Å². The normalized spacial score (nSPS) is 25.8. The number of carbonyl (C=O) groups excluding carboxylic acids is 1. The van der Waals surface area contributed by atoms with E-state index in [0.717, 1.165) is 4.90 Å². The maximum absolute atomic E-state index is 13.8. The number of rotatable bonds is 0. The van der Waals surface area contributed by atoms with Crippen LogP contribution in [-0.4, -0.2) is 35.6 Å². The van der Waals surface area contributed by atoms with E-state index in [4.69, 9.17) is 4.74 Å². The molecule has 1 saturated heterocycles. The zero-order valence-electron chi connectivity index (χ0n) is 10.6. The summed E-state index contributed by atoms with van der Waals surface area (Å²) in [6, 6.07) is 0. The molecule has 1 spiro atoms. The van der Waals surface area contributed by atoms with Gasteiger partial charge < -0.3 is 9.64 Å². The molecule has 1 saturated carbocycles. The second-order valence-electron chi connectivity index (χ2n) is 6.14. The number of ether oxygens (including phenoxy) is 1. The third-order valence-electron chi connectivity index (χ3n) is 3.53. The van der Waals surface area contributed by atoms with Gasteiger partial charge >= 0.3 is 6.09 Å². The number of amides is 1. The van der Waals surface area contributed by atoms with Gasteiger partial charge in [0, 0.05) is 12.0 Å². The van der Waals surface area contributed by atoms with Crippen LogP contribution in [0.15, 0.2) is 0 Å². The molecule has 2 fully saturated rings. The van der Waals surface area contributed by atoms with E-state index in [9.17, 15) is 13.6 Å². The molecule has 3 nitrogen and oxygen atoms in total. The maximum Gasteiger partial charge on any atom is 0.410 e. The van der Waals surface area contributed by atoms with E-state index in [0.29, 0.717) is 25.8 Å². The van der Waals surface area contributed by atoms with Crippen LogP contribution in [0.5, 0.6) is 0 Å². The summed E-state index contributed by atoms with van der Waals surface area (Å²) in [4.78, 5) is 12.8. The van der Waals surface area contributed by atoms with Crippen molar-refractivity contribution in [2.45, 2.75) is 51.6 Å². The SMILES string of the molecule is CC(C)(C)OC(=O)N1CCC2(CC2)C(F)(F)C1. The topological polar surface area (TPSA) is 29.5 Å². The van der Waals surface area contributed by atoms with Crippen LogP contribution < -0.4 is 0 Å². The Labute approximate surface area is 100 Å². The van der Waals surface area contributed by atoms with Crippen molar-refractivity contribution in [3.63, 3.8) is 0 Å². The zero-order chi connectivity index (χ0) is 12.9. The summed E-state index contributed by atoms with van der Waals surface area (Å²) >= 11 is 0. The maximum atomic E-state index is 13.8. The second-order valence-corrected chi connectivity index (χ2v) is 6.14. The van der Waals surface area contributed by atoms with Gasteiger partial charge in [-0.3, -0.25) is 0 Å². The Morgan fingerprint density at radius 2 is 1.82 bits per heavy atom. The molecule has 0 unspecified atom stereocenters. The lowest BCUT2D eigenvalue weighted by Gasteiger charge is -2.39. The first-order chi connectivity index (χ1) is 7.65. The van der Waals surface area contributed by atoms with Gasteiger partial charge in [-0.05, 0) is 40.0 Å². The Bertz CT molecular complexity index is 332. The number of piperidine rings is 1. The Balaban J connectivity index is 1.98. The molecule has 0 radical (unpaired) electrons. The van der Waals surface area contributed by atoms with Gasteiger partial charge in [0.2, 0.25) is 0 Å². The lowest BCUT2D eigenvalue weighted by Crippen LogP contribution is -2.52. The van der Waals surface area contributed by atoms with Crippen LogP contribution in [-0.2, 0) is 4.74 Å². The molecule has 0 N–H and O–H groups in total. The molecule has 1 heterocycles. The highest BCUT2D eigenvalue weighted by Gasteiger charge is 2.64. The van der Waals surface area contributed by atoms with Crippen molar-refractivity contribution < 1.29 is 18.3 Å². The van der Waals surface area contributed by atoms with E-state index in [1.54, 1.807) is 20.8 Å². The minimum atomic E-state index is -2.76. The Kier molecular flexibility index (Phi) is 2.64. The van der Waals surface area contributed by atoms with E-state index in [-0.39, 0.29) is 0 Å². The predicted octanol–water partition coefficient (Wildman–Crippen LogP) is 3.04. The van der Waals surface area contributed by atoms with E-state index in [1.165, 1.54) is 0 Å². The summed E-state index contributed by atoms with van der Waals surface area (Å²) in [5.74, 6) is -2.76. The highest BCUT2D eigenvalue weighted by molar-refractivity contribution is 5.68. The average molecular weight is 247 g/mol. The van der Waals surface area contributed by atoms with Crippen LogP contribution in [0.3, 0.4) is 0 Å². The van der Waals surface area contributed by atoms with Crippen LogP contribution in [0.1, 0.15) is 40.0 Å². The number of halogens is 2. The lowest BCUT2D eigenvalue weighted by molar-refractivity contribution is -0.123. The van der Waals surface area contributed by atoms with Crippen LogP contribution >= 0.6 is 0 Å². The molecule has 0 bridgehead atoms. The first-order valence-corrected chi connectivity index (χ1v) is 6.01. The van der Waals surface area contributed by atoms with Crippen molar-refractivity contribution in [3.05, 3.63) is 0 Å². The molecule has 5 heteroatoms. The minimum absolute atomic E-state index is 0.379. The molecule has 2 rings (SSSR count). The summed E-state index contributed by atoms with van der Waals surface area (Å²) in [5, 5.41) is 0. The third-order valence-corrected chi connectivity index (χ3v) is 3.53. The van der Waals surface area contributed by atoms with E-state index in [2.05, 4.69) is 0 Å². The van der Waals surface area contributed by atoms with Crippen LogP contribution in [0.2, 0.25) is 0 Å². The Morgan fingerprint density at radius 1 is 1.24 bits per heavy atom. The van der Waals surface area contributed by atoms with Gasteiger partial charge in [0.1, 0.15) is 5.60 Å². The van der Waals surface area contributed by atoms with Crippen molar-refractivity contribution in [1.29, 1.82) is 0 Å². The van der Waals surface area contributed by atoms with E-state index >= 15 is 0 Å². The molecule has 0 aromatic rings. The van der Waals surface area contributed by atoms with Gasteiger partial charge in [0.25, 0.3) is 5.92 Å². The Hall–Kier alpha value is -0.870. The quantitative estimate of drug-likeness (QED) is 0.658. The van der Waals surface area contributed by atoms with Crippen molar-refractivity contribution >= 4 is 6.09 Å².